The molecule has 266 valence electrons. The number of aliphatic hydroxyl groups is 2. The molecule has 0 fully saturated rings. The molecule has 0 saturated carbocycles. The summed E-state index contributed by atoms with van der Waals surface area (Å²) in [5.41, 5.74) is 3.40. The molecular formula is C35H52Na2O10S2. The van der Waals surface area contributed by atoms with Crippen LogP contribution in [-0.2, 0) is 27.2 Å². The van der Waals surface area contributed by atoms with Crippen LogP contribution >= 0.6 is 0 Å². The first-order chi connectivity index (χ1) is 21.6. The molecule has 49 heavy (non-hydrogen) atoms. The Morgan fingerprint density at radius 3 is 2.08 bits per heavy atom. The summed E-state index contributed by atoms with van der Waals surface area (Å²) in [7, 11) is -10.2. The monoisotopic (exact) mass is 742 g/mol. The second-order valence-corrected chi connectivity index (χ2v) is 16.5. The van der Waals surface area contributed by atoms with Crippen LogP contribution < -0.4 is 67.5 Å². The summed E-state index contributed by atoms with van der Waals surface area (Å²) in [5, 5.41) is 22.3. The fourth-order valence-corrected chi connectivity index (χ4v) is 8.15. The SMILES string of the molecule is CC(C)=CCC/C(C)=C/CCC(C)(O)C(O)CC[C@]1(C)CCCC2=C1CCC[C@@]2(C)Cc1cc(OS(=O)(=O)[O-])ccc1OS(=O)(=O)[O-].[Na+].[Na+]. The predicted molar refractivity (Wildman–Crippen MR) is 179 cm³/mol. The van der Waals surface area contributed by atoms with Crippen molar-refractivity contribution in [2.24, 2.45) is 10.8 Å². The van der Waals surface area contributed by atoms with E-state index in [4.69, 9.17) is 4.18 Å². The Morgan fingerprint density at radius 1 is 0.939 bits per heavy atom. The summed E-state index contributed by atoms with van der Waals surface area (Å²) in [5.74, 6) is -0.547. The van der Waals surface area contributed by atoms with Crippen molar-refractivity contribution in [1.29, 1.82) is 0 Å². The summed E-state index contributed by atoms with van der Waals surface area (Å²) in [6, 6.07) is 3.41. The second-order valence-electron chi connectivity index (χ2n) is 14.5. The van der Waals surface area contributed by atoms with Crippen LogP contribution in [0, 0.1) is 10.8 Å². The first kappa shape index (κ1) is 46.8. The minimum Gasteiger partial charge on any atom is -0.716 e. The molecule has 10 nitrogen and oxygen atoms in total. The van der Waals surface area contributed by atoms with E-state index in [-0.39, 0.29) is 88.0 Å². The maximum absolute atomic E-state index is 11.5. The van der Waals surface area contributed by atoms with E-state index in [2.05, 4.69) is 51.0 Å². The van der Waals surface area contributed by atoms with Crippen LogP contribution in [0.4, 0.5) is 0 Å². The van der Waals surface area contributed by atoms with E-state index >= 15 is 0 Å². The van der Waals surface area contributed by atoms with Crippen molar-refractivity contribution in [3.8, 4) is 11.5 Å². The van der Waals surface area contributed by atoms with Crippen LogP contribution in [0.1, 0.15) is 124 Å². The van der Waals surface area contributed by atoms with Gasteiger partial charge in [0.15, 0.2) is 0 Å². The van der Waals surface area contributed by atoms with Gasteiger partial charge in [0.05, 0.1) is 11.7 Å². The number of hydrogen-bond acceptors (Lipinski definition) is 10. The molecule has 0 spiro atoms. The first-order valence-electron chi connectivity index (χ1n) is 16.5. The summed E-state index contributed by atoms with van der Waals surface area (Å²) in [4.78, 5) is 0. The molecule has 2 N–H and O–H groups in total. The maximum Gasteiger partial charge on any atom is 1.00 e. The van der Waals surface area contributed by atoms with Gasteiger partial charge in [0.25, 0.3) is 20.8 Å². The molecule has 14 heteroatoms. The van der Waals surface area contributed by atoms with Gasteiger partial charge in [-0.2, -0.15) is 0 Å². The Bertz CT molecular complexity index is 1580. The van der Waals surface area contributed by atoms with E-state index < -0.39 is 37.9 Å². The second kappa shape index (κ2) is 19.2. The van der Waals surface area contributed by atoms with E-state index in [1.165, 1.54) is 28.4 Å². The van der Waals surface area contributed by atoms with Gasteiger partial charge in [0.2, 0.25) is 0 Å². The molecule has 1 aromatic rings. The van der Waals surface area contributed by atoms with Crippen molar-refractivity contribution in [3.63, 3.8) is 0 Å². The van der Waals surface area contributed by atoms with Crippen molar-refractivity contribution in [1.82, 2.24) is 0 Å². The van der Waals surface area contributed by atoms with Gasteiger partial charge >= 0.3 is 59.1 Å². The van der Waals surface area contributed by atoms with Crippen LogP contribution in [0.15, 0.2) is 52.6 Å². The van der Waals surface area contributed by atoms with Gasteiger partial charge in [-0.05, 0) is 140 Å². The zero-order valence-electron chi connectivity index (χ0n) is 30.6. The summed E-state index contributed by atoms with van der Waals surface area (Å²) in [6.45, 7) is 12.2. The molecule has 0 radical (unpaired) electrons. The molecule has 0 saturated heterocycles. The largest absolute Gasteiger partial charge is 1.00 e. The maximum atomic E-state index is 11.5. The van der Waals surface area contributed by atoms with Crippen molar-refractivity contribution < 1.29 is 104 Å². The summed E-state index contributed by atoms with van der Waals surface area (Å²) in [6.07, 6.45) is 13.0. The molecule has 0 amide bonds. The number of hydrogen-bond donors (Lipinski definition) is 2. The Kier molecular flexibility index (Phi) is 18.3. The van der Waals surface area contributed by atoms with E-state index in [9.17, 15) is 36.2 Å². The molecule has 2 aliphatic rings. The molecule has 3 rings (SSSR count). The van der Waals surface area contributed by atoms with E-state index in [1.807, 2.05) is 0 Å². The Hall–Kier alpha value is -0.220. The van der Waals surface area contributed by atoms with Gasteiger partial charge < -0.3 is 27.7 Å². The topological polar surface area (TPSA) is 173 Å². The molecule has 0 heterocycles. The number of benzene rings is 1. The molecular weight excluding hydrogens is 690 g/mol. The third-order valence-corrected chi connectivity index (χ3v) is 10.8. The van der Waals surface area contributed by atoms with Gasteiger partial charge in [-0.25, -0.2) is 16.8 Å². The number of rotatable bonds is 16. The van der Waals surface area contributed by atoms with Gasteiger partial charge in [0, 0.05) is 5.56 Å². The zero-order valence-corrected chi connectivity index (χ0v) is 36.3. The third-order valence-electron chi connectivity index (χ3n) is 10.1. The standard InChI is InChI=1S/C35H54O10S2.2Na/c1-25(2)11-7-12-26(3)13-8-21-35(6,37)32(36)18-22-33(4)19-9-15-30-29(33)14-10-20-34(30,5)24-27-23-28(44-46(38,39)40)16-17-31(27)45-47(41,42)43;;/h11,13,16-17,23,32,36-37H,7-10,12,14-15,18-22,24H2,1-6H3,(H,38,39,40)(H,41,42,43);;/q;2*+1/p-2/b26-13+;;/t32?,33-,34-,35?;;/m0../s1. The number of allylic oxidation sites excluding steroid dienone is 6. The number of aliphatic hydroxyl groups excluding tert-OH is 1. The third kappa shape index (κ3) is 14.6. The Morgan fingerprint density at radius 2 is 1.51 bits per heavy atom. The fraction of sp³-hybridized carbons (Fsp3) is 0.657. The van der Waals surface area contributed by atoms with Gasteiger partial charge in [-0.3, -0.25) is 0 Å². The fourth-order valence-electron chi connectivity index (χ4n) is 7.43. The van der Waals surface area contributed by atoms with Gasteiger partial charge in [-0.15, -0.1) is 0 Å². The van der Waals surface area contributed by atoms with Crippen molar-refractivity contribution >= 4 is 20.8 Å². The minimum atomic E-state index is -5.13. The summed E-state index contributed by atoms with van der Waals surface area (Å²) < 4.78 is 77.4. The molecule has 0 aliphatic heterocycles. The van der Waals surface area contributed by atoms with E-state index in [1.54, 1.807) is 6.92 Å². The van der Waals surface area contributed by atoms with Crippen molar-refractivity contribution in [2.75, 3.05) is 0 Å². The molecule has 1 aromatic carbocycles. The Labute approximate surface area is 338 Å². The van der Waals surface area contributed by atoms with Crippen LogP contribution in [0.3, 0.4) is 0 Å². The first-order valence-corrected chi connectivity index (χ1v) is 19.2. The van der Waals surface area contributed by atoms with E-state index in [0.29, 0.717) is 25.7 Å². The van der Waals surface area contributed by atoms with Crippen LogP contribution in [-0.4, -0.2) is 47.9 Å². The van der Waals surface area contributed by atoms with E-state index in [0.717, 1.165) is 63.5 Å². The molecule has 0 bridgehead atoms. The van der Waals surface area contributed by atoms with Gasteiger partial charge in [-0.1, -0.05) is 48.3 Å². The quantitative estimate of drug-likeness (QED) is 0.108. The van der Waals surface area contributed by atoms with Crippen molar-refractivity contribution in [3.05, 3.63) is 58.2 Å². The van der Waals surface area contributed by atoms with Crippen LogP contribution in [0.5, 0.6) is 11.5 Å². The zero-order chi connectivity index (χ0) is 35.3. The van der Waals surface area contributed by atoms with Crippen molar-refractivity contribution in [2.45, 2.75) is 137 Å². The molecule has 0 aromatic heterocycles. The minimum absolute atomic E-state index is 0. The van der Waals surface area contributed by atoms with Crippen LogP contribution in [0.25, 0.3) is 0 Å². The molecule has 4 atom stereocenters. The summed E-state index contributed by atoms with van der Waals surface area (Å²) >= 11 is 0. The van der Waals surface area contributed by atoms with Crippen LogP contribution in [0.2, 0.25) is 0 Å². The van der Waals surface area contributed by atoms with Gasteiger partial charge in [0.1, 0.15) is 11.5 Å². The smallest absolute Gasteiger partial charge is 0.716 e. The predicted octanol–water partition coefficient (Wildman–Crippen LogP) is 0.957. The average Bonchev–Trinajstić information content (AvgIpc) is 2.92. The molecule has 2 aliphatic carbocycles. The normalized spacial score (nSPS) is 23.3. The Balaban J connectivity index is 0.00000600. The molecule has 2 unspecified atom stereocenters. The average molecular weight is 743 g/mol.